The van der Waals surface area contributed by atoms with Crippen LogP contribution in [0.25, 0.3) is 0 Å². The molecule has 1 N–H and O–H groups in total. The van der Waals surface area contributed by atoms with Crippen LogP contribution in [0.4, 0.5) is 5.82 Å². The summed E-state index contributed by atoms with van der Waals surface area (Å²) in [6.45, 7) is 4.03. The van der Waals surface area contributed by atoms with Crippen LogP contribution in [-0.2, 0) is 0 Å². The number of aromatic nitrogens is 2. The Morgan fingerprint density at radius 2 is 1.75 bits per heavy atom. The summed E-state index contributed by atoms with van der Waals surface area (Å²) in [5.41, 5.74) is 2.14. The lowest BCUT2D eigenvalue weighted by Crippen LogP contribution is -2.23. The summed E-state index contributed by atoms with van der Waals surface area (Å²) >= 11 is 5.93. The van der Waals surface area contributed by atoms with Gasteiger partial charge in [-0.2, -0.15) is 0 Å². The first kappa shape index (κ1) is 11.6. The Kier molecular flexibility index (Phi) is 3.64. The largest absolute Gasteiger partial charge is 0.366 e. The lowest BCUT2D eigenvalue weighted by molar-refractivity contribution is 0.461. The molecule has 0 bridgehead atoms. The zero-order valence-corrected chi connectivity index (χ0v) is 10.6. The van der Waals surface area contributed by atoms with Crippen LogP contribution < -0.4 is 5.32 Å². The Bertz CT molecular complexity index is 373. The van der Waals surface area contributed by atoms with Crippen molar-refractivity contribution in [1.82, 2.24) is 10.2 Å². The quantitative estimate of drug-likeness (QED) is 0.859. The van der Waals surface area contributed by atoms with Crippen LogP contribution in [-0.4, -0.2) is 16.2 Å². The molecule has 0 radical (unpaired) electrons. The molecule has 4 heteroatoms. The van der Waals surface area contributed by atoms with Crippen molar-refractivity contribution >= 4 is 17.4 Å². The zero-order valence-electron chi connectivity index (χ0n) is 9.89. The summed E-state index contributed by atoms with van der Waals surface area (Å²) in [7, 11) is 0. The van der Waals surface area contributed by atoms with Crippen LogP contribution in [0.2, 0.25) is 5.15 Å². The standard InChI is InChI=1S/C12H18ClN3/c1-8-9(2)12(16-15-11(8)13)14-10-6-4-3-5-7-10/h10H,3-7H2,1-2H3,(H,14,16). The molecule has 1 saturated carbocycles. The van der Waals surface area contributed by atoms with E-state index in [0.29, 0.717) is 11.2 Å². The molecule has 88 valence electrons. The molecule has 1 aliphatic rings. The molecule has 3 nitrogen and oxygen atoms in total. The molecule has 0 saturated heterocycles. The molecule has 16 heavy (non-hydrogen) atoms. The third-order valence-electron chi connectivity index (χ3n) is 3.41. The Morgan fingerprint density at radius 1 is 1.06 bits per heavy atom. The highest BCUT2D eigenvalue weighted by molar-refractivity contribution is 6.30. The normalized spacial score (nSPS) is 17.4. The van der Waals surface area contributed by atoms with E-state index in [9.17, 15) is 0 Å². The molecule has 0 aromatic carbocycles. The van der Waals surface area contributed by atoms with Crippen molar-refractivity contribution in [2.24, 2.45) is 0 Å². The minimum atomic E-state index is 0.506. The van der Waals surface area contributed by atoms with Gasteiger partial charge in [0.1, 0.15) is 0 Å². The van der Waals surface area contributed by atoms with Gasteiger partial charge >= 0.3 is 0 Å². The fourth-order valence-electron chi connectivity index (χ4n) is 2.15. The Balaban J connectivity index is 2.11. The van der Waals surface area contributed by atoms with Gasteiger partial charge in [-0.3, -0.25) is 0 Å². The molecule has 1 heterocycles. The molecule has 1 fully saturated rings. The van der Waals surface area contributed by atoms with Gasteiger partial charge in [-0.25, -0.2) is 0 Å². The number of halogens is 1. The molecule has 1 aliphatic carbocycles. The monoisotopic (exact) mass is 239 g/mol. The van der Waals surface area contributed by atoms with Crippen LogP contribution in [0, 0.1) is 13.8 Å². The number of rotatable bonds is 2. The third kappa shape index (κ3) is 2.46. The maximum absolute atomic E-state index is 5.93. The molecule has 0 spiro atoms. The van der Waals surface area contributed by atoms with Gasteiger partial charge in [0.05, 0.1) is 0 Å². The Hall–Kier alpha value is -0.830. The highest BCUT2D eigenvalue weighted by atomic mass is 35.5. The first-order valence-corrected chi connectivity index (χ1v) is 6.32. The van der Waals surface area contributed by atoms with E-state index in [-0.39, 0.29) is 0 Å². The Morgan fingerprint density at radius 3 is 2.44 bits per heavy atom. The first-order valence-electron chi connectivity index (χ1n) is 5.94. The third-order valence-corrected chi connectivity index (χ3v) is 3.77. The fourth-order valence-corrected chi connectivity index (χ4v) is 2.33. The summed E-state index contributed by atoms with van der Waals surface area (Å²) in [6, 6.07) is 0.558. The molecule has 0 atom stereocenters. The summed E-state index contributed by atoms with van der Waals surface area (Å²) in [4.78, 5) is 0. The zero-order chi connectivity index (χ0) is 11.5. The van der Waals surface area contributed by atoms with Crippen molar-refractivity contribution in [2.45, 2.75) is 52.0 Å². The van der Waals surface area contributed by atoms with Gasteiger partial charge in [0.25, 0.3) is 0 Å². The molecule has 2 rings (SSSR count). The predicted octanol–water partition coefficient (Wildman–Crippen LogP) is 3.49. The lowest BCUT2D eigenvalue weighted by Gasteiger charge is -2.24. The second-order valence-corrected chi connectivity index (χ2v) is 4.93. The second-order valence-electron chi connectivity index (χ2n) is 4.57. The molecular formula is C12H18ClN3. The van der Waals surface area contributed by atoms with E-state index in [1.807, 2.05) is 13.8 Å². The number of anilines is 1. The van der Waals surface area contributed by atoms with Gasteiger partial charge in [0, 0.05) is 6.04 Å². The van der Waals surface area contributed by atoms with Crippen molar-refractivity contribution in [3.8, 4) is 0 Å². The van der Waals surface area contributed by atoms with E-state index >= 15 is 0 Å². The summed E-state index contributed by atoms with van der Waals surface area (Å²) < 4.78 is 0. The lowest BCUT2D eigenvalue weighted by atomic mass is 9.95. The maximum atomic E-state index is 5.93. The van der Waals surface area contributed by atoms with E-state index in [1.54, 1.807) is 0 Å². The van der Waals surface area contributed by atoms with Crippen LogP contribution in [0.15, 0.2) is 0 Å². The van der Waals surface area contributed by atoms with Crippen LogP contribution in [0.5, 0.6) is 0 Å². The second kappa shape index (κ2) is 5.00. The van der Waals surface area contributed by atoms with Gasteiger partial charge in [0.15, 0.2) is 11.0 Å². The number of nitrogens with zero attached hydrogens (tertiary/aromatic N) is 2. The number of hydrogen-bond donors (Lipinski definition) is 1. The molecule has 0 aliphatic heterocycles. The van der Waals surface area contributed by atoms with Crippen molar-refractivity contribution in [1.29, 1.82) is 0 Å². The van der Waals surface area contributed by atoms with Gasteiger partial charge in [-0.05, 0) is 37.8 Å². The predicted molar refractivity (Wildman–Crippen MR) is 67.0 cm³/mol. The van der Waals surface area contributed by atoms with Crippen molar-refractivity contribution in [3.05, 3.63) is 16.3 Å². The molecule has 1 aromatic heterocycles. The fraction of sp³-hybridized carbons (Fsp3) is 0.667. The number of nitrogens with one attached hydrogen (secondary N) is 1. The summed E-state index contributed by atoms with van der Waals surface area (Å²) in [5, 5.41) is 12.1. The van der Waals surface area contributed by atoms with Crippen molar-refractivity contribution < 1.29 is 0 Å². The van der Waals surface area contributed by atoms with Gasteiger partial charge < -0.3 is 5.32 Å². The van der Waals surface area contributed by atoms with Gasteiger partial charge in [0.2, 0.25) is 0 Å². The summed E-state index contributed by atoms with van der Waals surface area (Å²) in [6.07, 6.45) is 6.47. The van der Waals surface area contributed by atoms with Gasteiger partial charge in [-0.15, -0.1) is 10.2 Å². The molecule has 1 aromatic rings. The highest BCUT2D eigenvalue weighted by Crippen LogP contribution is 2.25. The minimum Gasteiger partial charge on any atom is -0.366 e. The smallest absolute Gasteiger partial charge is 0.155 e. The number of hydrogen-bond acceptors (Lipinski definition) is 3. The van der Waals surface area contributed by atoms with Crippen LogP contribution >= 0.6 is 11.6 Å². The SMILES string of the molecule is Cc1c(Cl)nnc(NC2CCCCC2)c1C. The summed E-state index contributed by atoms with van der Waals surface area (Å²) in [5.74, 6) is 0.897. The molecule has 0 unspecified atom stereocenters. The topological polar surface area (TPSA) is 37.8 Å². The van der Waals surface area contributed by atoms with E-state index < -0.39 is 0 Å². The first-order chi connectivity index (χ1) is 7.68. The van der Waals surface area contributed by atoms with E-state index in [0.717, 1.165) is 16.9 Å². The van der Waals surface area contributed by atoms with Crippen LogP contribution in [0.1, 0.15) is 43.2 Å². The van der Waals surface area contributed by atoms with E-state index in [4.69, 9.17) is 11.6 Å². The molecular weight excluding hydrogens is 222 g/mol. The van der Waals surface area contributed by atoms with E-state index in [2.05, 4.69) is 15.5 Å². The average molecular weight is 240 g/mol. The highest BCUT2D eigenvalue weighted by Gasteiger charge is 2.16. The van der Waals surface area contributed by atoms with Crippen LogP contribution in [0.3, 0.4) is 0 Å². The van der Waals surface area contributed by atoms with E-state index in [1.165, 1.54) is 32.1 Å². The van der Waals surface area contributed by atoms with Crippen molar-refractivity contribution in [2.75, 3.05) is 5.32 Å². The van der Waals surface area contributed by atoms with Gasteiger partial charge in [-0.1, -0.05) is 30.9 Å². The maximum Gasteiger partial charge on any atom is 0.155 e. The minimum absolute atomic E-state index is 0.506. The van der Waals surface area contributed by atoms with Crippen molar-refractivity contribution in [3.63, 3.8) is 0 Å². The average Bonchev–Trinajstić information content (AvgIpc) is 2.31. The molecule has 0 amide bonds. The Labute approximate surface area is 102 Å².